The van der Waals surface area contributed by atoms with Gasteiger partial charge < -0.3 is 15.5 Å². The lowest BCUT2D eigenvalue weighted by Gasteiger charge is -2.32. The van der Waals surface area contributed by atoms with Gasteiger partial charge in [0.25, 0.3) is 5.91 Å². The van der Waals surface area contributed by atoms with Gasteiger partial charge in [0.1, 0.15) is 0 Å². The van der Waals surface area contributed by atoms with E-state index in [2.05, 4.69) is 15.6 Å². The molecule has 2 aromatic rings. The summed E-state index contributed by atoms with van der Waals surface area (Å²) in [7, 11) is 0. The monoisotopic (exact) mass is 372 g/mol. The smallest absolute Gasteiger partial charge is 0.251 e. The number of thiazole rings is 1. The molecule has 1 aromatic heterocycles. The van der Waals surface area contributed by atoms with Crippen molar-refractivity contribution in [3.63, 3.8) is 0 Å². The Balaban J connectivity index is 1.49. The van der Waals surface area contributed by atoms with Crippen LogP contribution in [0, 0.1) is 5.92 Å². The van der Waals surface area contributed by atoms with E-state index in [0.29, 0.717) is 23.8 Å². The average Bonchev–Trinajstić information content (AvgIpc) is 3.19. The molecule has 1 atom stereocenters. The molecule has 3 amide bonds. The van der Waals surface area contributed by atoms with Crippen molar-refractivity contribution in [1.29, 1.82) is 0 Å². The Morgan fingerprint density at radius 2 is 2.04 bits per heavy atom. The van der Waals surface area contributed by atoms with Crippen LogP contribution in [0.5, 0.6) is 0 Å². The van der Waals surface area contributed by atoms with Crippen LogP contribution < -0.4 is 10.6 Å². The van der Waals surface area contributed by atoms with Gasteiger partial charge in [0, 0.05) is 30.2 Å². The predicted molar refractivity (Wildman–Crippen MR) is 98.8 cm³/mol. The third kappa shape index (κ3) is 4.66. The Labute approximate surface area is 155 Å². The molecule has 7 nitrogen and oxygen atoms in total. The van der Waals surface area contributed by atoms with Gasteiger partial charge in [-0.05, 0) is 25.0 Å². The molecular weight excluding hydrogens is 352 g/mol. The van der Waals surface area contributed by atoms with Crippen LogP contribution in [0.15, 0.2) is 41.9 Å². The Morgan fingerprint density at radius 1 is 1.23 bits per heavy atom. The Kier molecular flexibility index (Phi) is 5.96. The van der Waals surface area contributed by atoms with Crippen molar-refractivity contribution in [3.05, 3.63) is 47.5 Å². The molecule has 1 fully saturated rings. The minimum atomic E-state index is -0.283. The minimum Gasteiger partial charge on any atom is -0.343 e. The highest BCUT2D eigenvalue weighted by Crippen LogP contribution is 2.19. The molecule has 0 bridgehead atoms. The number of nitrogens with zero attached hydrogens (tertiary/aromatic N) is 2. The second-order valence-corrected chi connectivity index (χ2v) is 6.95. The molecule has 1 saturated heterocycles. The average molecular weight is 372 g/mol. The SMILES string of the molecule is O=C(NCC(=O)N1CCC[C@@H](C(=O)Nc2nccs2)C1)c1ccccc1. The van der Waals surface area contributed by atoms with Gasteiger partial charge in [-0.15, -0.1) is 11.3 Å². The van der Waals surface area contributed by atoms with Gasteiger partial charge in [0.15, 0.2) is 5.13 Å². The van der Waals surface area contributed by atoms with Crippen LogP contribution in [0.25, 0.3) is 0 Å². The number of likely N-dealkylation sites (tertiary alicyclic amines) is 1. The van der Waals surface area contributed by atoms with E-state index in [0.717, 1.165) is 12.8 Å². The van der Waals surface area contributed by atoms with E-state index in [1.165, 1.54) is 11.3 Å². The topological polar surface area (TPSA) is 91.4 Å². The number of amides is 3. The lowest BCUT2D eigenvalue weighted by molar-refractivity contribution is -0.133. The van der Waals surface area contributed by atoms with E-state index < -0.39 is 0 Å². The number of rotatable bonds is 5. The first kappa shape index (κ1) is 18.1. The molecule has 0 saturated carbocycles. The lowest BCUT2D eigenvalue weighted by atomic mass is 9.97. The number of benzene rings is 1. The van der Waals surface area contributed by atoms with Gasteiger partial charge in [-0.25, -0.2) is 4.98 Å². The molecule has 1 aliphatic heterocycles. The summed E-state index contributed by atoms with van der Waals surface area (Å²) < 4.78 is 0. The highest BCUT2D eigenvalue weighted by atomic mass is 32.1. The lowest BCUT2D eigenvalue weighted by Crippen LogP contribution is -2.47. The normalized spacial score (nSPS) is 16.8. The standard InChI is InChI=1S/C18H20N4O3S/c23-15(11-20-16(24)13-5-2-1-3-6-13)22-9-4-7-14(12-22)17(25)21-18-19-8-10-26-18/h1-3,5-6,8,10,14H,4,7,9,11-12H2,(H,20,24)(H,19,21,25)/t14-/m1/s1. The first-order valence-corrected chi connectivity index (χ1v) is 9.33. The van der Waals surface area contributed by atoms with Gasteiger partial charge in [0.05, 0.1) is 12.5 Å². The highest BCUT2D eigenvalue weighted by molar-refractivity contribution is 7.13. The number of aromatic nitrogens is 1. The molecule has 2 N–H and O–H groups in total. The summed E-state index contributed by atoms with van der Waals surface area (Å²) in [5.41, 5.74) is 0.514. The summed E-state index contributed by atoms with van der Waals surface area (Å²) in [5, 5.41) is 7.78. The summed E-state index contributed by atoms with van der Waals surface area (Å²) in [5.74, 6) is -0.845. The Hall–Kier alpha value is -2.74. The quantitative estimate of drug-likeness (QED) is 0.836. The fraction of sp³-hybridized carbons (Fsp3) is 0.333. The molecule has 2 heterocycles. The summed E-state index contributed by atoms with van der Waals surface area (Å²) in [4.78, 5) is 42.4. The number of hydrogen-bond acceptors (Lipinski definition) is 5. The summed E-state index contributed by atoms with van der Waals surface area (Å²) >= 11 is 1.36. The Morgan fingerprint density at radius 3 is 2.77 bits per heavy atom. The number of anilines is 1. The van der Waals surface area contributed by atoms with Crippen molar-refractivity contribution in [2.75, 3.05) is 25.0 Å². The third-order valence-corrected chi connectivity index (χ3v) is 4.93. The molecule has 136 valence electrons. The molecule has 1 aliphatic rings. The number of nitrogens with one attached hydrogen (secondary N) is 2. The summed E-state index contributed by atoms with van der Waals surface area (Å²) in [6.45, 7) is 0.882. The summed E-state index contributed by atoms with van der Waals surface area (Å²) in [6.07, 6.45) is 3.12. The zero-order valence-electron chi connectivity index (χ0n) is 14.2. The first-order valence-electron chi connectivity index (χ1n) is 8.45. The minimum absolute atomic E-state index is 0.0749. The van der Waals surface area contributed by atoms with Crippen LogP contribution in [0.3, 0.4) is 0 Å². The predicted octanol–water partition coefficient (Wildman–Crippen LogP) is 1.75. The molecule has 0 aliphatic carbocycles. The molecule has 3 rings (SSSR count). The van der Waals surface area contributed by atoms with Crippen molar-refractivity contribution in [1.82, 2.24) is 15.2 Å². The zero-order valence-corrected chi connectivity index (χ0v) is 15.0. The van der Waals surface area contributed by atoms with Crippen LogP contribution in [0.4, 0.5) is 5.13 Å². The Bertz CT molecular complexity index is 764. The largest absolute Gasteiger partial charge is 0.343 e. The second-order valence-electron chi connectivity index (χ2n) is 6.05. The van der Waals surface area contributed by atoms with Crippen LogP contribution in [0.1, 0.15) is 23.2 Å². The van der Waals surface area contributed by atoms with E-state index in [1.807, 2.05) is 6.07 Å². The van der Waals surface area contributed by atoms with Crippen molar-refractivity contribution in [2.45, 2.75) is 12.8 Å². The highest BCUT2D eigenvalue weighted by Gasteiger charge is 2.28. The van der Waals surface area contributed by atoms with Gasteiger partial charge in [-0.2, -0.15) is 0 Å². The van der Waals surface area contributed by atoms with E-state index in [-0.39, 0.29) is 30.2 Å². The van der Waals surface area contributed by atoms with Crippen molar-refractivity contribution >= 4 is 34.2 Å². The molecule has 0 unspecified atom stereocenters. The first-order chi connectivity index (χ1) is 12.6. The molecule has 0 radical (unpaired) electrons. The van der Waals surface area contributed by atoms with E-state index in [1.54, 1.807) is 40.7 Å². The number of carbonyl (C=O) groups excluding carboxylic acids is 3. The number of hydrogen-bond donors (Lipinski definition) is 2. The van der Waals surface area contributed by atoms with Crippen LogP contribution in [0.2, 0.25) is 0 Å². The maximum atomic E-state index is 12.4. The van der Waals surface area contributed by atoms with Crippen LogP contribution in [-0.4, -0.2) is 47.2 Å². The maximum absolute atomic E-state index is 12.4. The number of piperidine rings is 1. The van der Waals surface area contributed by atoms with Gasteiger partial charge in [-0.1, -0.05) is 18.2 Å². The van der Waals surface area contributed by atoms with E-state index >= 15 is 0 Å². The molecule has 8 heteroatoms. The fourth-order valence-electron chi connectivity index (χ4n) is 2.87. The van der Waals surface area contributed by atoms with Crippen molar-refractivity contribution in [3.8, 4) is 0 Å². The fourth-order valence-corrected chi connectivity index (χ4v) is 3.40. The summed E-state index contributed by atoms with van der Waals surface area (Å²) in [6, 6.07) is 8.76. The van der Waals surface area contributed by atoms with Crippen molar-refractivity contribution < 1.29 is 14.4 Å². The van der Waals surface area contributed by atoms with Gasteiger partial charge in [-0.3, -0.25) is 14.4 Å². The van der Waals surface area contributed by atoms with Gasteiger partial charge >= 0.3 is 0 Å². The molecular formula is C18H20N4O3S. The van der Waals surface area contributed by atoms with E-state index in [4.69, 9.17) is 0 Å². The van der Waals surface area contributed by atoms with Crippen LogP contribution >= 0.6 is 11.3 Å². The van der Waals surface area contributed by atoms with Crippen molar-refractivity contribution in [2.24, 2.45) is 5.92 Å². The van der Waals surface area contributed by atoms with Crippen LogP contribution in [-0.2, 0) is 9.59 Å². The third-order valence-electron chi connectivity index (χ3n) is 4.24. The second kappa shape index (κ2) is 8.57. The maximum Gasteiger partial charge on any atom is 0.251 e. The molecule has 26 heavy (non-hydrogen) atoms. The molecule has 0 spiro atoms. The van der Waals surface area contributed by atoms with E-state index in [9.17, 15) is 14.4 Å². The molecule has 1 aromatic carbocycles. The zero-order chi connectivity index (χ0) is 18.4. The van der Waals surface area contributed by atoms with Gasteiger partial charge in [0.2, 0.25) is 11.8 Å². The number of carbonyl (C=O) groups is 3.